The summed E-state index contributed by atoms with van der Waals surface area (Å²) in [6, 6.07) is 0. The van der Waals surface area contributed by atoms with Gasteiger partial charge in [-0.1, -0.05) is 0 Å². The molecule has 0 aliphatic heterocycles. The number of esters is 1. The molecule has 0 unspecified atom stereocenters. The standard InChI is InChI=1S/C9H10N6O2/c1-10-6-3-11-4-7(13-6)15-5-12-8(14-15)9(16)17-2/h3-5H,1-2H3,(H,10,13). The van der Waals surface area contributed by atoms with Crippen LogP contribution in [0.15, 0.2) is 18.7 Å². The maximum absolute atomic E-state index is 11.2. The van der Waals surface area contributed by atoms with E-state index in [-0.39, 0.29) is 5.82 Å². The number of aromatic nitrogens is 5. The summed E-state index contributed by atoms with van der Waals surface area (Å²) in [4.78, 5) is 23.2. The molecule has 8 heteroatoms. The topological polar surface area (TPSA) is 94.8 Å². The van der Waals surface area contributed by atoms with E-state index in [0.717, 1.165) is 0 Å². The fraction of sp³-hybridized carbons (Fsp3) is 0.222. The second-order valence-electron chi connectivity index (χ2n) is 3.02. The molecular formula is C9H10N6O2. The van der Waals surface area contributed by atoms with Crippen molar-refractivity contribution in [3.63, 3.8) is 0 Å². The molecule has 2 heterocycles. The lowest BCUT2D eigenvalue weighted by atomic mass is 10.6. The van der Waals surface area contributed by atoms with Crippen LogP contribution in [0.5, 0.6) is 0 Å². The van der Waals surface area contributed by atoms with Gasteiger partial charge in [0.1, 0.15) is 12.1 Å². The number of carbonyl (C=O) groups excluding carboxylic acids is 1. The fourth-order valence-electron chi connectivity index (χ4n) is 1.14. The van der Waals surface area contributed by atoms with E-state index in [1.807, 2.05) is 0 Å². The first-order valence-corrected chi connectivity index (χ1v) is 4.74. The Morgan fingerprint density at radius 1 is 1.47 bits per heavy atom. The average molecular weight is 234 g/mol. The highest BCUT2D eigenvalue weighted by atomic mass is 16.5. The molecule has 0 aliphatic carbocycles. The van der Waals surface area contributed by atoms with Crippen molar-refractivity contribution < 1.29 is 9.53 Å². The molecule has 0 aliphatic rings. The Morgan fingerprint density at radius 2 is 2.29 bits per heavy atom. The molecule has 0 aromatic carbocycles. The van der Waals surface area contributed by atoms with Crippen LogP contribution in [-0.4, -0.2) is 44.9 Å². The van der Waals surface area contributed by atoms with E-state index >= 15 is 0 Å². The number of ether oxygens (including phenoxy) is 1. The number of nitrogens with zero attached hydrogens (tertiary/aromatic N) is 5. The van der Waals surface area contributed by atoms with E-state index in [1.54, 1.807) is 13.2 Å². The van der Waals surface area contributed by atoms with Crippen LogP contribution in [0.2, 0.25) is 0 Å². The lowest BCUT2D eigenvalue weighted by Crippen LogP contribution is -2.06. The Balaban J connectivity index is 2.33. The highest BCUT2D eigenvalue weighted by Crippen LogP contribution is 2.05. The molecule has 0 saturated heterocycles. The van der Waals surface area contributed by atoms with Gasteiger partial charge in [0.2, 0.25) is 0 Å². The molecule has 1 N–H and O–H groups in total. The van der Waals surface area contributed by atoms with Crippen LogP contribution >= 0.6 is 0 Å². The SMILES string of the molecule is CNc1cncc(-n2cnc(C(=O)OC)n2)n1. The van der Waals surface area contributed by atoms with Crippen LogP contribution in [0.3, 0.4) is 0 Å². The summed E-state index contributed by atoms with van der Waals surface area (Å²) in [6.45, 7) is 0. The first kappa shape index (κ1) is 11.0. The summed E-state index contributed by atoms with van der Waals surface area (Å²) in [5.41, 5.74) is 0. The number of nitrogens with one attached hydrogen (secondary N) is 1. The Hall–Kier alpha value is -2.51. The van der Waals surface area contributed by atoms with E-state index < -0.39 is 5.97 Å². The molecule has 2 aromatic heterocycles. The predicted octanol–water partition coefficient (Wildman–Crippen LogP) is -0.114. The maximum atomic E-state index is 11.2. The molecule has 2 rings (SSSR count). The third-order valence-corrected chi connectivity index (χ3v) is 1.97. The van der Waals surface area contributed by atoms with Crippen LogP contribution in [0, 0.1) is 0 Å². The fourth-order valence-corrected chi connectivity index (χ4v) is 1.14. The first-order chi connectivity index (χ1) is 8.24. The van der Waals surface area contributed by atoms with E-state index in [2.05, 4.69) is 30.1 Å². The van der Waals surface area contributed by atoms with Crippen LogP contribution in [0.4, 0.5) is 5.82 Å². The van der Waals surface area contributed by atoms with Crippen LogP contribution in [0.25, 0.3) is 5.82 Å². The minimum Gasteiger partial charge on any atom is -0.463 e. The Morgan fingerprint density at radius 3 is 3.00 bits per heavy atom. The number of carbonyl (C=O) groups is 1. The number of rotatable bonds is 3. The highest BCUT2D eigenvalue weighted by Gasteiger charge is 2.12. The Kier molecular flexibility index (Phi) is 2.95. The molecule has 0 bridgehead atoms. The minimum absolute atomic E-state index is 0.0239. The van der Waals surface area contributed by atoms with Crippen LogP contribution < -0.4 is 5.32 Å². The zero-order chi connectivity index (χ0) is 12.3. The molecule has 0 saturated carbocycles. The number of hydrogen-bond donors (Lipinski definition) is 1. The lowest BCUT2D eigenvalue weighted by molar-refractivity contribution is 0.0587. The summed E-state index contributed by atoms with van der Waals surface area (Å²) in [6.07, 6.45) is 4.45. The Labute approximate surface area is 96.7 Å². The molecule has 0 spiro atoms. The second-order valence-corrected chi connectivity index (χ2v) is 3.02. The monoisotopic (exact) mass is 234 g/mol. The van der Waals surface area contributed by atoms with Gasteiger partial charge in [0.25, 0.3) is 5.82 Å². The van der Waals surface area contributed by atoms with Crippen molar-refractivity contribution in [2.75, 3.05) is 19.5 Å². The smallest absolute Gasteiger partial charge is 0.377 e. The molecule has 0 atom stereocenters. The molecule has 0 fully saturated rings. The molecule has 0 radical (unpaired) electrons. The van der Waals surface area contributed by atoms with Gasteiger partial charge in [-0.05, 0) is 0 Å². The number of hydrogen-bond acceptors (Lipinski definition) is 7. The molecular weight excluding hydrogens is 224 g/mol. The lowest BCUT2D eigenvalue weighted by Gasteiger charge is -2.01. The quantitative estimate of drug-likeness (QED) is 0.740. The number of methoxy groups -OCH3 is 1. The zero-order valence-corrected chi connectivity index (χ0v) is 9.28. The summed E-state index contributed by atoms with van der Waals surface area (Å²) < 4.78 is 5.85. The maximum Gasteiger partial charge on any atom is 0.377 e. The molecule has 8 nitrogen and oxygen atoms in total. The molecule has 0 amide bonds. The Bertz CT molecular complexity index is 538. The third kappa shape index (κ3) is 2.19. The van der Waals surface area contributed by atoms with Gasteiger partial charge in [0.05, 0.1) is 19.5 Å². The van der Waals surface area contributed by atoms with E-state index in [1.165, 1.54) is 24.3 Å². The number of anilines is 1. The van der Waals surface area contributed by atoms with Gasteiger partial charge < -0.3 is 10.1 Å². The van der Waals surface area contributed by atoms with Crippen molar-refractivity contribution in [1.29, 1.82) is 0 Å². The van der Waals surface area contributed by atoms with Gasteiger partial charge in [-0.2, -0.15) is 0 Å². The molecule has 88 valence electrons. The van der Waals surface area contributed by atoms with Crippen molar-refractivity contribution >= 4 is 11.8 Å². The van der Waals surface area contributed by atoms with Gasteiger partial charge in [-0.3, -0.25) is 4.98 Å². The normalized spacial score (nSPS) is 10.0. The minimum atomic E-state index is -0.596. The summed E-state index contributed by atoms with van der Waals surface area (Å²) in [5.74, 6) is 0.433. The van der Waals surface area contributed by atoms with Gasteiger partial charge in [0, 0.05) is 7.05 Å². The summed E-state index contributed by atoms with van der Waals surface area (Å²) in [7, 11) is 3.00. The van der Waals surface area contributed by atoms with Crippen LogP contribution in [-0.2, 0) is 4.74 Å². The largest absolute Gasteiger partial charge is 0.463 e. The molecule has 17 heavy (non-hydrogen) atoms. The molecule has 2 aromatic rings. The average Bonchev–Trinajstić information content (AvgIpc) is 2.87. The highest BCUT2D eigenvalue weighted by molar-refractivity contribution is 5.84. The van der Waals surface area contributed by atoms with Crippen molar-refractivity contribution in [1.82, 2.24) is 24.7 Å². The summed E-state index contributed by atoms with van der Waals surface area (Å²) >= 11 is 0. The van der Waals surface area contributed by atoms with Gasteiger partial charge in [-0.25, -0.2) is 19.4 Å². The van der Waals surface area contributed by atoms with Crippen LogP contribution in [0.1, 0.15) is 10.6 Å². The van der Waals surface area contributed by atoms with Gasteiger partial charge in [-0.15, -0.1) is 5.10 Å². The predicted molar refractivity (Wildman–Crippen MR) is 57.8 cm³/mol. The van der Waals surface area contributed by atoms with Crippen molar-refractivity contribution in [3.8, 4) is 5.82 Å². The van der Waals surface area contributed by atoms with E-state index in [9.17, 15) is 4.79 Å². The van der Waals surface area contributed by atoms with E-state index in [4.69, 9.17) is 0 Å². The van der Waals surface area contributed by atoms with Crippen molar-refractivity contribution in [2.24, 2.45) is 0 Å². The first-order valence-electron chi connectivity index (χ1n) is 4.74. The van der Waals surface area contributed by atoms with Gasteiger partial charge in [0.15, 0.2) is 5.82 Å². The zero-order valence-electron chi connectivity index (χ0n) is 9.28. The summed E-state index contributed by atoms with van der Waals surface area (Å²) in [5, 5.41) is 6.78. The second kappa shape index (κ2) is 4.56. The van der Waals surface area contributed by atoms with Crippen molar-refractivity contribution in [3.05, 3.63) is 24.5 Å². The van der Waals surface area contributed by atoms with E-state index in [0.29, 0.717) is 11.6 Å². The van der Waals surface area contributed by atoms with Crippen molar-refractivity contribution in [2.45, 2.75) is 0 Å². The van der Waals surface area contributed by atoms with Gasteiger partial charge >= 0.3 is 5.97 Å². The third-order valence-electron chi connectivity index (χ3n) is 1.97.